The highest BCUT2D eigenvalue weighted by Crippen LogP contribution is 2.17. The third-order valence-electron chi connectivity index (χ3n) is 4.06. The zero-order valence-corrected chi connectivity index (χ0v) is 15.1. The number of hydrogen-bond acceptors (Lipinski definition) is 8. The summed E-state index contributed by atoms with van der Waals surface area (Å²) in [6.07, 6.45) is 2.08. The Morgan fingerprint density at radius 2 is 1.71 bits per heavy atom. The van der Waals surface area contributed by atoms with Gasteiger partial charge < -0.3 is 18.4 Å². The molecule has 0 aliphatic rings. The monoisotopic (exact) mass is 379 g/mol. The number of carbonyl (C=O) groups is 1. The average molecular weight is 379 g/mol. The maximum absolute atomic E-state index is 12.4. The van der Waals surface area contributed by atoms with Crippen molar-refractivity contribution in [3.05, 3.63) is 60.5 Å². The van der Waals surface area contributed by atoms with Gasteiger partial charge >= 0.3 is 0 Å². The molecule has 9 nitrogen and oxygen atoms in total. The Bertz CT molecular complexity index is 1040. The maximum Gasteiger partial charge on any atom is 0.246 e. The largest absolute Gasteiger partial charge is 0.461 e. The molecular weight excluding hydrogens is 362 g/mol. The van der Waals surface area contributed by atoms with Crippen molar-refractivity contribution in [3.8, 4) is 23.0 Å². The Morgan fingerprint density at radius 1 is 0.964 bits per heavy atom. The molecule has 9 heteroatoms. The number of benzene rings is 1. The van der Waals surface area contributed by atoms with E-state index in [9.17, 15) is 4.79 Å². The Kier molecular flexibility index (Phi) is 4.96. The summed E-state index contributed by atoms with van der Waals surface area (Å²) in [6, 6.07) is 13.0. The minimum absolute atomic E-state index is 0.0998. The van der Waals surface area contributed by atoms with Gasteiger partial charge in [-0.15, -0.1) is 0 Å². The van der Waals surface area contributed by atoms with Crippen molar-refractivity contribution in [1.82, 2.24) is 25.2 Å². The standard InChI is InChI=1S/C19H17N5O4/c1-24(12-16-21-18(22-28-16)13-6-3-2-4-7-13)17(25)10-9-15-20-19(23-27-15)14-8-5-11-26-14/h2-8,11H,9-10,12H2,1H3. The Labute approximate surface area is 160 Å². The van der Waals surface area contributed by atoms with E-state index in [4.69, 9.17) is 13.5 Å². The lowest BCUT2D eigenvalue weighted by Crippen LogP contribution is -2.26. The van der Waals surface area contributed by atoms with Crippen molar-refractivity contribution in [1.29, 1.82) is 0 Å². The van der Waals surface area contributed by atoms with E-state index >= 15 is 0 Å². The Hall–Kier alpha value is -3.75. The van der Waals surface area contributed by atoms with E-state index in [-0.39, 0.29) is 18.9 Å². The molecule has 1 amide bonds. The van der Waals surface area contributed by atoms with Crippen molar-refractivity contribution < 1.29 is 18.3 Å². The molecule has 0 saturated heterocycles. The lowest BCUT2D eigenvalue weighted by molar-refractivity contribution is -0.130. The highest BCUT2D eigenvalue weighted by Gasteiger charge is 2.17. The molecule has 3 heterocycles. The molecule has 0 fully saturated rings. The zero-order valence-electron chi connectivity index (χ0n) is 15.1. The number of aromatic nitrogens is 4. The summed E-state index contributed by atoms with van der Waals surface area (Å²) in [4.78, 5) is 22.4. The first-order chi connectivity index (χ1) is 13.7. The van der Waals surface area contributed by atoms with Crippen LogP contribution < -0.4 is 0 Å². The third-order valence-corrected chi connectivity index (χ3v) is 4.06. The first kappa shape index (κ1) is 17.7. The van der Waals surface area contributed by atoms with Gasteiger partial charge in [0.05, 0.1) is 12.8 Å². The molecule has 0 radical (unpaired) electrons. The van der Waals surface area contributed by atoms with Gasteiger partial charge in [-0.05, 0) is 12.1 Å². The topological polar surface area (TPSA) is 111 Å². The van der Waals surface area contributed by atoms with E-state index in [0.29, 0.717) is 35.6 Å². The quantitative estimate of drug-likeness (QED) is 0.482. The average Bonchev–Trinajstić information content (AvgIpc) is 3.47. The Balaban J connectivity index is 1.31. The summed E-state index contributed by atoms with van der Waals surface area (Å²) in [7, 11) is 1.68. The van der Waals surface area contributed by atoms with E-state index < -0.39 is 0 Å². The lowest BCUT2D eigenvalue weighted by Gasteiger charge is -2.13. The first-order valence-corrected chi connectivity index (χ1v) is 8.67. The second kappa shape index (κ2) is 7.87. The van der Waals surface area contributed by atoms with Crippen LogP contribution in [0.15, 0.2) is 62.2 Å². The number of hydrogen-bond donors (Lipinski definition) is 0. The van der Waals surface area contributed by atoms with Crippen LogP contribution in [0.4, 0.5) is 0 Å². The van der Waals surface area contributed by atoms with E-state index in [1.165, 1.54) is 11.2 Å². The van der Waals surface area contributed by atoms with Crippen LogP contribution in [0, 0.1) is 0 Å². The number of carbonyl (C=O) groups excluding carboxylic acids is 1. The highest BCUT2D eigenvalue weighted by atomic mass is 16.5. The van der Waals surface area contributed by atoms with Crippen LogP contribution in [0.25, 0.3) is 23.0 Å². The number of furan rings is 1. The minimum Gasteiger partial charge on any atom is -0.461 e. The van der Waals surface area contributed by atoms with Crippen LogP contribution in [0.5, 0.6) is 0 Å². The number of rotatable bonds is 7. The smallest absolute Gasteiger partial charge is 0.246 e. The molecule has 3 aromatic heterocycles. The van der Waals surface area contributed by atoms with E-state index in [1.54, 1.807) is 19.2 Å². The van der Waals surface area contributed by atoms with Crippen LogP contribution in [0.2, 0.25) is 0 Å². The van der Waals surface area contributed by atoms with Gasteiger partial charge in [0, 0.05) is 25.5 Å². The SMILES string of the molecule is CN(Cc1nc(-c2ccccc2)no1)C(=O)CCc1nc(-c2ccco2)no1. The molecule has 0 aliphatic carbocycles. The first-order valence-electron chi connectivity index (χ1n) is 8.67. The predicted molar refractivity (Wildman–Crippen MR) is 96.5 cm³/mol. The molecule has 1 aromatic carbocycles. The molecule has 0 atom stereocenters. The summed E-state index contributed by atoms with van der Waals surface area (Å²) >= 11 is 0. The summed E-state index contributed by atoms with van der Waals surface area (Å²) < 4.78 is 15.6. The highest BCUT2D eigenvalue weighted by molar-refractivity contribution is 5.75. The molecule has 0 saturated carbocycles. The fourth-order valence-electron chi connectivity index (χ4n) is 2.58. The van der Waals surface area contributed by atoms with E-state index in [0.717, 1.165) is 5.56 Å². The van der Waals surface area contributed by atoms with Crippen molar-refractivity contribution in [3.63, 3.8) is 0 Å². The molecule has 4 rings (SSSR count). The van der Waals surface area contributed by atoms with Crippen LogP contribution in [0.1, 0.15) is 18.2 Å². The summed E-state index contributed by atoms with van der Waals surface area (Å²) in [5.41, 5.74) is 0.857. The van der Waals surface area contributed by atoms with Crippen molar-refractivity contribution in [2.75, 3.05) is 7.05 Å². The van der Waals surface area contributed by atoms with Gasteiger partial charge in [-0.3, -0.25) is 4.79 Å². The number of aryl methyl sites for hydroxylation is 1. The second-order valence-electron chi connectivity index (χ2n) is 6.12. The van der Waals surface area contributed by atoms with Crippen molar-refractivity contribution >= 4 is 5.91 Å². The summed E-state index contributed by atoms with van der Waals surface area (Å²) in [6.45, 7) is 0.222. The van der Waals surface area contributed by atoms with E-state index in [2.05, 4.69) is 20.3 Å². The van der Waals surface area contributed by atoms with Gasteiger partial charge in [0.25, 0.3) is 0 Å². The molecule has 0 spiro atoms. The molecule has 0 N–H and O–H groups in total. The zero-order chi connectivity index (χ0) is 19.3. The fourth-order valence-corrected chi connectivity index (χ4v) is 2.58. The van der Waals surface area contributed by atoms with Gasteiger partial charge in [0.2, 0.25) is 29.3 Å². The van der Waals surface area contributed by atoms with Gasteiger partial charge in [-0.1, -0.05) is 40.6 Å². The molecule has 28 heavy (non-hydrogen) atoms. The van der Waals surface area contributed by atoms with Crippen LogP contribution in [-0.2, 0) is 17.8 Å². The molecular formula is C19H17N5O4. The summed E-state index contributed by atoms with van der Waals surface area (Å²) in [5, 5.41) is 7.80. The lowest BCUT2D eigenvalue weighted by atomic mass is 10.2. The summed E-state index contributed by atoms with van der Waals surface area (Å²) in [5.74, 6) is 2.01. The molecule has 142 valence electrons. The third kappa shape index (κ3) is 3.98. The normalized spacial score (nSPS) is 10.9. The van der Waals surface area contributed by atoms with Crippen molar-refractivity contribution in [2.24, 2.45) is 0 Å². The van der Waals surface area contributed by atoms with Crippen LogP contribution in [0.3, 0.4) is 0 Å². The molecule has 0 bridgehead atoms. The van der Waals surface area contributed by atoms with Crippen molar-refractivity contribution in [2.45, 2.75) is 19.4 Å². The number of nitrogens with zero attached hydrogens (tertiary/aromatic N) is 5. The van der Waals surface area contributed by atoms with Gasteiger partial charge in [0.1, 0.15) is 0 Å². The van der Waals surface area contributed by atoms with Gasteiger partial charge in [-0.25, -0.2) is 0 Å². The molecule has 4 aromatic rings. The van der Waals surface area contributed by atoms with E-state index in [1.807, 2.05) is 30.3 Å². The second-order valence-corrected chi connectivity index (χ2v) is 6.12. The maximum atomic E-state index is 12.4. The molecule has 0 aliphatic heterocycles. The van der Waals surface area contributed by atoms with Crippen LogP contribution >= 0.6 is 0 Å². The minimum atomic E-state index is -0.0998. The van der Waals surface area contributed by atoms with Gasteiger partial charge in [0.15, 0.2) is 5.76 Å². The molecule has 0 unspecified atom stereocenters. The van der Waals surface area contributed by atoms with Crippen LogP contribution in [-0.4, -0.2) is 38.1 Å². The predicted octanol–water partition coefficient (Wildman–Crippen LogP) is 2.97. The fraction of sp³-hybridized carbons (Fsp3) is 0.211. The Morgan fingerprint density at radius 3 is 2.50 bits per heavy atom. The van der Waals surface area contributed by atoms with Gasteiger partial charge in [-0.2, -0.15) is 9.97 Å². The number of amides is 1.